The van der Waals surface area contributed by atoms with Crippen LogP contribution in [0, 0.1) is 5.92 Å². The van der Waals surface area contributed by atoms with Crippen LogP contribution in [0.15, 0.2) is 60.7 Å². The van der Waals surface area contributed by atoms with Gasteiger partial charge in [0.1, 0.15) is 42.5 Å². The Bertz CT molecular complexity index is 1920. The number of aromatic nitrogens is 5. The average Bonchev–Trinajstić information content (AvgIpc) is 3.75. The molecule has 0 saturated carbocycles. The minimum Gasteiger partial charge on any atom is -0.492 e. The maximum Gasteiger partial charge on any atom is 0.272 e. The van der Waals surface area contributed by atoms with Crippen LogP contribution in [0.25, 0.3) is 11.4 Å². The van der Waals surface area contributed by atoms with E-state index in [1.165, 1.54) is 15.4 Å². The summed E-state index contributed by atoms with van der Waals surface area (Å²) in [4.78, 5) is 71.1. The van der Waals surface area contributed by atoms with Crippen molar-refractivity contribution in [2.45, 2.75) is 58.4 Å². The maximum absolute atomic E-state index is 14.0. The lowest BCUT2D eigenvalue weighted by Gasteiger charge is -2.26. The van der Waals surface area contributed by atoms with E-state index >= 15 is 0 Å². The van der Waals surface area contributed by atoms with E-state index in [1.54, 1.807) is 45.0 Å². The van der Waals surface area contributed by atoms with Crippen LogP contribution in [0.4, 0.5) is 0 Å². The molecule has 0 saturated heterocycles. The van der Waals surface area contributed by atoms with E-state index < -0.39 is 35.8 Å². The van der Waals surface area contributed by atoms with Crippen LogP contribution in [0.5, 0.6) is 5.75 Å². The molecule has 2 aromatic carbocycles. The summed E-state index contributed by atoms with van der Waals surface area (Å²) < 4.78 is 8.72. The van der Waals surface area contributed by atoms with Gasteiger partial charge in [-0.15, -0.1) is 0 Å². The van der Waals surface area contributed by atoms with Crippen molar-refractivity contribution in [1.82, 2.24) is 51.1 Å². The van der Waals surface area contributed by atoms with Gasteiger partial charge in [0.25, 0.3) is 11.8 Å². The number of carbonyl (C=O) groups excluding carboxylic acids is 5. The molecule has 51 heavy (non-hydrogen) atoms. The Morgan fingerprint density at radius 1 is 0.922 bits per heavy atom. The molecule has 3 aliphatic heterocycles. The predicted octanol–water partition coefficient (Wildman–Crippen LogP) is 0.753. The molecule has 0 fully saturated rings. The zero-order valence-corrected chi connectivity index (χ0v) is 28.5. The highest BCUT2D eigenvalue weighted by atomic mass is 16.5. The number of hydrogen-bond donors (Lipinski definition) is 5. The predicted molar refractivity (Wildman–Crippen MR) is 183 cm³/mol. The third-order valence-electron chi connectivity index (χ3n) is 8.55. The SMILES string of the molecule is CC(C)[C@H]1NC(=O)[C@@H](NC(=O)c2cc3n(n2)CCNC3=O)Cc2ccc(cc2)OCCNC(=O)Cn2nc(-c3ccccc3)nc2[C@H](C)NC1=O. The first-order valence-corrected chi connectivity index (χ1v) is 16.8. The van der Waals surface area contributed by atoms with Crippen molar-refractivity contribution in [2.75, 3.05) is 19.7 Å². The van der Waals surface area contributed by atoms with Crippen molar-refractivity contribution in [3.05, 3.63) is 83.4 Å². The molecule has 3 atom stereocenters. The van der Waals surface area contributed by atoms with Crippen LogP contribution >= 0.6 is 0 Å². The topological polar surface area (TPSA) is 203 Å². The molecule has 5 amide bonds. The lowest BCUT2D eigenvalue weighted by Crippen LogP contribution is -2.56. The summed E-state index contributed by atoms with van der Waals surface area (Å²) in [5.41, 5.74) is 1.69. The molecule has 5 heterocycles. The van der Waals surface area contributed by atoms with Crippen LogP contribution in [0.2, 0.25) is 0 Å². The smallest absolute Gasteiger partial charge is 0.272 e. The third-order valence-corrected chi connectivity index (χ3v) is 8.55. The van der Waals surface area contributed by atoms with E-state index in [9.17, 15) is 24.0 Å². The van der Waals surface area contributed by atoms with Gasteiger partial charge in [0.05, 0.1) is 19.1 Å². The lowest BCUT2D eigenvalue weighted by atomic mass is 10.0. The minimum absolute atomic E-state index is 0.0110. The Kier molecular flexibility index (Phi) is 10.4. The highest BCUT2D eigenvalue weighted by Gasteiger charge is 2.32. The van der Waals surface area contributed by atoms with Gasteiger partial charge in [0.2, 0.25) is 17.7 Å². The molecule has 266 valence electrons. The number of ether oxygens (including phenoxy) is 1. The van der Waals surface area contributed by atoms with Crippen molar-refractivity contribution in [2.24, 2.45) is 5.92 Å². The van der Waals surface area contributed by atoms with Crippen LogP contribution < -0.4 is 31.3 Å². The zero-order chi connectivity index (χ0) is 36.1. The van der Waals surface area contributed by atoms with Crippen molar-refractivity contribution < 1.29 is 28.7 Å². The van der Waals surface area contributed by atoms with Crippen molar-refractivity contribution in [1.29, 1.82) is 0 Å². The standard InChI is InChI=1S/C35H40N10O6/c1-20(2)29-35(50)38-21(3)31-41-30(23-7-5-4-6-8-23)43-45(31)19-28(46)36-14-16-51-24-11-9-22(10-12-24)17-25(32(47)40-29)39-33(48)26-18-27-34(49)37-13-15-44(27)42-26/h4-12,18,20-21,25,29H,13-17,19H2,1-3H3,(H,36,46)(H,37,49)(H,38,50)(H,39,48)(H,40,47)/t21-,25-,29+/m0/s1. The second kappa shape index (κ2) is 15.2. The fraction of sp³-hybridized carbons (Fsp3) is 0.371. The highest BCUT2D eigenvalue weighted by Crippen LogP contribution is 2.20. The molecule has 5 N–H and O–H groups in total. The number of amides is 5. The average molecular weight is 697 g/mol. The quantitative estimate of drug-likeness (QED) is 0.204. The highest BCUT2D eigenvalue weighted by molar-refractivity contribution is 6.00. The maximum atomic E-state index is 14.0. The molecule has 16 nitrogen and oxygen atoms in total. The largest absolute Gasteiger partial charge is 0.492 e. The molecule has 2 bridgehead atoms. The molecule has 2 aromatic heterocycles. The van der Waals surface area contributed by atoms with E-state index in [1.807, 2.05) is 30.3 Å². The molecule has 0 radical (unpaired) electrons. The normalized spacial score (nSPS) is 20.2. The van der Waals surface area contributed by atoms with Crippen LogP contribution in [0.1, 0.15) is 59.2 Å². The number of carbonyl (C=O) groups is 5. The number of hydrogen-bond acceptors (Lipinski definition) is 9. The summed E-state index contributed by atoms with van der Waals surface area (Å²) in [6.45, 7) is 6.38. The Balaban J connectivity index is 1.29. The second-order valence-corrected chi connectivity index (χ2v) is 12.7. The molecule has 16 heteroatoms. The first-order valence-electron chi connectivity index (χ1n) is 16.8. The van der Waals surface area contributed by atoms with Gasteiger partial charge in [0.15, 0.2) is 11.5 Å². The molecule has 3 aliphatic rings. The molecular formula is C35H40N10O6. The lowest BCUT2D eigenvalue weighted by molar-refractivity contribution is -0.131. The number of benzene rings is 2. The van der Waals surface area contributed by atoms with Crippen molar-refractivity contribution in [3.8, 4) is 17.1 Å². The van der Waals surface area contributed by atoms with E-state index in [0.29, 0.717) is 36.1 Å². The van der Waals surface area contributed by atoms with Crippen LogP contribution in [-0.4, -0.2) is 85.9 Å². The fourth-order valence-corrected chi connectivity index (χ4v) is 5.85. The molecule has 7 rings (SSSR count). The minimum atomic E-state index is -1.11. The van der Waals surface area contributed by atoms with Crippen LogP contribution in [0.3, 0.4) is 0 Å². The van der Waals surface area contributed by atoms with Gasteiger partial charge in [-0.1, -0.05) is 56.3 Å². The Labute approximate surface area is 293 Å². The summed E-state index contributed by atoms with van der Waals surface area (Å²) >= 11 is 0. The second-order valence-electron chi connectivity index (χ2n) is 12.7. The number of nitrogens with zero attached hydrogens (tertiary/aromatic N) is 5. The fourth-order valence-electron chi connectivity index (χ4n) is 5.85. The van der Waals surface area contributed by atoms with Gasteiger partial charge >= 0.3 is 0 Å². The van der Waals surface area contributed by atoms with Gasteiger partial charge in [-0.25, -0.2) is 9.67 Å². The molecule has 0 spiro atoms. The van der Waals surface area contributed by atoms with E-state index in [4.69, 9.17) is 4.74 Å². The summed E-state index contributed by atoms with van der Waals surface area (Å²) in [5.74, 6) is -1.45. The zero-order valence-electron chi connectivity index (χ0n) is 28.5. The van der Waals surface area contributed by atoms with Gasteiger partial charge in [-0.2, -0.15) is 10.2 Å². The number of fused-ring (bicyclic) bond motifs is 15. The summed E-state index contributed by atoms with van der Waals surface area (Å²) in [5, 5.41) is 22.9. The van der Waals surface area contributed by atoms with Gasteiger partial charge < -0.3 is 31.3 Å². The Hall–Kier alpha value is -6.06. The van der Waals surface area contributed by atoms with Crippen molar-refractivity contribution in [3.63, 3.8) is 0 Å². The van der Waals surface area contributed by atoms with Gasteiger partial charge in [0, 0.05) is 24.6 Å². The Morgan fingerprint density at radius 2 is 1.69 bits per heavy atom. The summed E-state index contributed by atoms with van der Waals surface area (Å²) in [7, 11) is 0. The first kappa shape index (κ1) is 34.8. The van der Waals surface area contributed by atoms with E-state index in [0.717, 1.165) is 5.56 Å². The van der Waals surface area contributed by atoms with E-state index in [2.05, 4.69) is 41.8 Å². The number of rotatable bonds is 4. The van der Waals surface area contributed by atoms with Crippen molar-refractivity contribution >= 4 is 29.5 Å². The summed E-state index contributed by atoms with van der Waals surface area (Å²) in [6, 6.07) is 14.8. The summed E-state index contributed by atoms with van der Waals surface area (Å²) in [6.07, 6.45) is 0.0795. The molecule has 0 aliphatic carbocycles. The van der Waals surface area contributed by atoms with Gasteiger partial charge in [-0.05, 0) is 30.5 Å². The molecule has 0 unspecified atom stereocenters. The van der Waals surface area contributed by atoms with E-state index in [-0.39, 0.29) is 55.2 Å². The monoisotopic (exact) mass is 696 g/mol. The van der Waals surface area contributed by atoms with Crippen LogP contribution in [-0.2, 0) is 33.9 Å². The number of nitrogens with one attached hydrogen (secondary N) is 5. The third kappa shape index (κ3) is 8.22. The Morgan fingerprint density at radius 3 is 2.41 bits per heavy atom. The van der Waals surface area contributed by atoms with Gasteiger partial charge in [-0.3, -0.25) is 28.7 Å². The molecule has 4 aromatic rings. The first-order chi connectivity index (χ1) is 24.5. The molecular weight excluding hydrogens is 656 g/mol.